The van der Waals surface area contributed by atoms with Crippen molar-refractivity contribution >= 4 is 50.6 Å². The van der Waals surface area contributed by atoms with Crippen molar-refractivity contribution in [1.29, 1.82) is 0 Å². The van der Waals surface area contributed by atoms with E-state index >= 15 is 0 Å². The molecule has 2 N–H and O–H groups in total. The molecule has 2 aromatic carbocycles. The van der Waals surface area contributed by atoms with Gasteiger partial charge in [-0.25, -0.2) is 14.8 Å². The van der Waals surface area contributed by atoms with Crippen molar-refractivity contribution in [3.05, 3.63) is 64.8 Å². The maximum absolute atomic E-state index is 13.0. The number of aliphatic imine (C=N–C) groups is 1. The average Bonchev–Trinajstić information content (AvgIpc) is 3.15. The van der Waals surface area contributed by atoms with Gasteiger partial charge in [-0.15, -0.1) is 11.3 Å². The van der Waals surface area contributed by atoms with E-state index in [0.717, 1.165) is 15.9 Å². The number of benzene rings is 2. The summed E-state index contributed by atoms with van der Waals surface area (Å²) in [6, 6.07) is 12.7. The van der Waals surface area contributed by atoms with Crippen LogP contribution in [0.2, 0.25) is 0 Å². The second-order valence-electron chi connectivity index (χ2n) is 6.52. The van der Waals surface area contributed by atoms with Gasteiger partial charge in [-0.05, 0) is 43.7 Å². The molecule has 1 amide bonds. The van der Waals surface area contributed by atoms with Crippen LogP contribution >= 0.6 is 11.3 Å². The largest absolute Gasteiger partial charge is 0.462 e. The third-order valence-corrected chi connectivity index (χ3v) is 5.41. The van der Waals surface area contributed by atoms with E-state index in [1.54, 1.807) is 30.6 Å². The minimum atomic E-state index is -0.536. The van der Waals surface area contributed by atoms with Crippen LogP contribution in [0.25, 0.3) is 10.2 Å². The maximum Gasteiger partial charge on any atom is 0.343 e. The summed E-state index contributed by atoms with van der Waals surface area (Å²) in [6.07, 6.45) is 0.532. The molecular weight excluding hydrogens is 400 g/mol. The molecule has 0 unspecified atom stereocenters. The number of rotatable bonds is 4. The maximum atomic E-state index is 13.0. The molecule has 0 atom stereocenters. The quantitative estimate of drug-likeness (QED) is 0.610. The van der Waals surface area contributed by atoms with Crippen LogP contribution < -0.4 is 10.6 Å². The zero-order valence-electron chi connectivity index (χ0n) is 16.6. The Morgan fingerprint density at radius 1 is 1.17 bits per heavy atom. The molecule has 0 radical (unpaired) electrons. The molecule has 0 fully saturated rings. The molecule has 152 valence electrons. The molecule has 3 aromatic rings. The molecular formula is C22H20N4O3S. The van der Waals surface area contributed by atoms with Crippen LogP contribution in [0.4, 0.5) is 11.4 Å². The lowest BCUT2D eigenvalue weighted by Crippen LogP contribution is -2.35. The highest BCUT2D eigenvalue weighted by Crippen LogP contribution is 2.31. The lowest BCUT2D eigenvalue weighted by atomic mass is 10.1. The summed E-state index contributed by atoms with van der Waals surface area (Å²) in [5.74, 6) is -0.732. The Morgan fingerprint density at radius 3 is 2.80 bits per heavy atom. The second kappa shape index (κ2) is 8.46. The molecule has 0 aliphatic carbocycles. The topological polar surface area (TPSA) is 92.7 Å². The highest BCUT2D eigenvalue weighted by Gasteiger charge is 2.27. The van der Waals surface area contributed by atoms with Crippen molar-refractivity contribution in [2.75, 3.05) is 11.9 Å². The summed E-state index contributed by atoms with van der Waals surface area (Å²) in [4.78, 5) is 34.6. The monoisotopic (exact) mass is 420 g/mol. The zero-order chi connectivity index (χ0) is 21.1. The number of carbonyl (C=O) groups is 2. The van der Waals surface area contributed by atoms with Gasteiger partial charge in [0.15, 0.2) is 0 Å². The van der Waals surface area contributed by atoms with Crippen LogP contribution in [0.15, 0.2) is 64.2 Å². The first-order chi connectivity index (χ1) is 14.6. The molecule has 7 nitrogen and oxygen atoms in total. The van der Waals surface area contributed by atoms with Gasteiger partial charge >= 0.3 is 5.97 Å². The number of ether oxygens (including phenoxy) is 1. The van der Waals surface area contributed by atoms with E-state index in [2.05, 4.69) is 20.6 Å². The van der Waals surface area contributed by atoms with Crippen molar-refractivity contribution in [2.45, 2.75) is 20.3 Å². The fourth-order valence-electron chi connectivity index (χ4n) is 3.18. The molecule has 0 spiro atoms. The van der Waals surface area contributed by atoms with E-state index < -0.39 is 5.97 Å². The van der Waals surface area contributed by atoms with Gasteiger partial charge < -0.3 is 15.4 Å². The third kappa shape index (κ3) is 3.81. The zero-order valence-corrected chi connectivity index (χ0v) is 17.4. The number of amides is 1. The number of esters is 1. The van der Waals surface area contributed by atoms with Crippen LogP contribution in [0, 0.1) is 0 Å². The van der Waals surface area contributed by atoms with Crippen molar-refractivity contribution < 1.29 is 14.3 Å². The molecule has 1 aliphatic rings. The first-order valence-electron chi connectivity index (χ1n) is 9.60. The van der Waals surface area contributed by atoms with Gasteiger partial charge in [-0.3, -0.25) is 4.79 Å². The lowest BCUT2D eigenvalue weighted by molar-refractivity contribution is -0.137. The number of thiazole rings is 1. The number of aromatic nitrogens is 1. The Bertz CT molecular complexity index is 1200. The number of hydrogen-bond acceptors (Lipinski definition) is 7. The van der Waals surface area contributed by atoms with Crippen molar-refractivity contribution in [3.8, 4) is 0 Å². The van der Waals surface area contributed by atoms with E-state index in [4.69, 9.17) is 4.74 Å². The van der Waals surface area contributed by atoms with E-state index in [1.807, 2.05) is 31.2 Å². The average molecular weight is 420 g/mol. The summed E-state index contributed by atoms with van der Waals surface area (Å²) >= 11 is 1.46. The molecule has 2 heterocycles. The molecule has 0 bridgehead atoms. The number of anilines is 1. The third-order valence-electron chi connectivity index (χ3n) is 4.62. The molecule has 0 saturated heterocycles. The minimum absolute atomic E-state index is 0.164. The van der Waals surface area contributed by atoms with E-state index in [1.165, 1.54) is 11.3 Å². The van der Waals surface area contributed by atoms with Gasteiger partial charge in [0.05, 0.1) is 33.7 Å². The molecule has 8 heteroatoms. The molecule has 4 rings (SSSR count). The second-order valence-corrected chi connectivity index (χ2v) is 7.41. The minimum Gasteiger partial charge on any atom is -0.462 e. The van der Waals surface area contributed by atoms with Crippen molar-refractivity contribution in [3.63, 3.8) is 0 Å². The Labute approximate surface area is 177 Å². The summed E-state index contributed by atoms with van der Waals surface area (Å²) in [5, 5.41) is 6.09. The highest BCUT2D eigenvalue weighted by atomic mass is 32.1. The Morgan fingerprint density at radius 2 is 2.00 bits per heavy atom. The number of nitrogens with zero attached hydrogens (tertiary/aromatic N) is 2. The highest BCUT2D eigenvalue weighted by molar-refractivity contribution is 7.16. The van der Waals surface area contributed by atoms with Crippen LogP contribution in [-0.4, -0.2) is 29.3 Å². The number of hydrogen-bond donors (Lipinski definition) is 2. The van der Waals surface area contributed by atoms with Crippen LogP contribution in [0.5, 0.6) is 0 Å². The summed E-state index contributed by atoms with van der Waals surface area (Å²) in [6.45, 7) is 3.88. The van der Waals surface area contributed by atoms with Crippen LogP contribution in [0.3, 0.4) is 0 Å². The van der Waals surface area contributed by atoms with Gasteiger partial charge in [0.2, 0.25) is 0 Å². The fraction of sp³-hybridized carbons (Fsp3) is 0.182. The molecule has 1 aliphatic heterocycles. The molecule has 1 aromatic heterocycles. The number of carbonyl (C=O) groups excluding carboxylic acids is 2. The normalized spacial score (nSPS) is 13.2. The van der Waals surface area contributed by atoms with E-state index in [9.17, 15) is 9.59 Å². The van der Waals surface area contributed by atoms with Crippen LogP contribution in [0.1, 0.15) is 30.6 Å². The van der Waals surface area contributed by atoms with Crippen molar-refractivity contribution in [2.24, 2.45) is 4.99 Å². The number of allylic oxidation sites excluding steroid dienone is 1. The fourth-order valence-corrected chi connectivity index (χ4v) is 3.89. The number of para-hydroxylation sites is 2. The number of fused-ring (bicyclic) bond motifs is 2. The number of amidine groups is 1. The summed E-state index contributed by atoms with van der Waals surface area (Å²) in [5.41, 5.74) is 5.27. The Balaban J connectivity index is 1.76. The van der Waals surface area contributed by atoms with E-state index in [-0.39, 0.29) is 23.9 Å². The Hall–Kier alpha value is -3.52. The first kappa shape index (κ1) is 19.8. The smallest absolute Gasteiger partial charge is 0.343 e. The van der Waals surface area contributed by atoms with Gasteiger partial charge in [0, 0.05) is 11.3 Å². The van der Waals surface area contributed by atoms with Crippen molar-refractivity contribution in [1.82, 2.24) is 10.3 Å². The van der Waals surface area contributed by atoms with Gasteiger partial charge in [0.25, 0.3) is 5.91 Å². The number of nitrogens with one attached hydrogen (secondary N) is 2. The van der Waals surface area contributed by atoms with E-state index in [0.29, 0.717) is 23.4 Å². The SMILES string of the molecule is CCOC(=O)C1=C(CC)Nc2ccccc2N=C1NC(=O)c1ccc2ncsc2c1. The van der Waals surface area contributed by atoms with Gasteiger partial charge in [-0.1, -0.05) is 19.1 Å². The van der Waals surface area contributed by atoms with Gasteiger partial charge in [-0.2, -0.15) is 0 Å². The van der Waals surface area contributed by atoms with Crippen LogP contribution in [-0.2, 0) is 9.53 Å². The van der Waals surface area contributed by atoms with Gasteiger partial charge in [0.1, 0.15) is 11.4 Å². The lowest BCUT2D eigenvalue weighted by Gasteiger charge is -2.15. The predicted molar refractivity (Wildman–Crippen MR) is 118 cm³/mol. The molecule has 30 heavy (non-hydrogen) atoms. The first-order valence-corrected chi connectivity index (χ1v) is 10.5. The standard InChI is InChI=1S/C22H20N4O3S/c1-3-14-19(22(28)29-4-2)20(25-16-8-6-5-7-15(16)24-14)26-21(27)13-9-10-17-18(11-13)30-12-23-17/h5-12,24H,3-4H2,1-2H3,(H,25,26,27). The summed E-state index contributed by atoms with van der Waals surface area (Å²) in [7, 11) is 0. The predicted octanol–water partition coefficient (Wildman–Crippen LogP) is 4.41. The summed E-state index contributed by atoms with van der Waals surface area (Å²) < 4.78 is 6.17. The molecule has 0 saturated carbocycles. The Kier molecular flexibility index (Phi) is 5.58.